The van der Waals surface area contributed by atoms with Gasteiger partial charge >= 0.3 is 6.03 Å². The maximum atomic E-state index is 11.7. The lowest BCUT2D eigenvalue weighted by molar-refractivity contribution is 0.262. The van der Waals surface area contributed by atoms with Gasteiger partial charge < -0.3 is 10.6 Å². The maximum absolute atomic E-state index is 11.7. The Labute approximate surface area is 105 Å². The topological polar surface area (TPSA) is 64.9 Å². The fourth-order valence-corrected chi connectivity index (χ4v) is 1.48. The van der Waals surface area contributed by atoms with E-state index in [1.807, 2.05) is 24.3 Å². The van der Waals surface area contributed by atoms with Gasteiger partial charge in [0.1, 0.15) is 0 Å². The molecule has 0 saturated heterocycles. The van der Waals surface area contributed by atoms with Crippen molar-refractivity contribution in [1.82, 2.24) is 0 Å². The smallest absolute Gasteiger partial charge is 0.308 e. The molecule has 0 aromatic heterocycles. The van der Waals surface area contributed by atoms with Gasteiger partial charge in [0, 0.05) is 11.4 Å². The van der Waals surface area contributed by atoms with E-state index in [2.05, 4.69) is 10.6 Å². The summed E-state index contributed by atoms with van der Waals surface area (Å²) in [5.41, 5.74) is 1.81. The fraction of sp³-hybridized carbons (Fsp3) is 0. The van der Waals surface area contributed by atoms with E-state index in [0.717, 1.165) is 0 Å². The third kappa shape index (κ3) is 3.09. The lowest BCUT2D eigenvalue weighted by atomic mass is 10.1. The summed E-state index contributed by atoms with van der Waals surface area (Å²) < 4.78 is 0. The Balaban J connectivity index is 2.01. The minimum Gasteiger partial charge on any atom is -0.308 e. The molecule has 2 N–H and O–H groups in total. The number of carbonyl (C=O) groups is 1. The molecule has 0 saturated carbocycles. The monoisotopic (exact) mass is 236 g/mol. The standard InChI is InChI=1S/C14H11N3O/c15-10-11-5-4-8-13(9-11)17-14(18)16-12-6-2-1-3-7-12/h1-9H,(H2,16,17,18)/i14-1. The van der Waals surface area contributed by atoms with E-state index in [1.54, 1.807) is 36.4 Å². The van der Waals surface area contributed by atoms with Crippen molar-refractivity contribution < 1.29 is 4.79 Å². The Kier molecular flexibility index (Phi) is 3.57. The Hall–Kier alpha value is -2.80. The van der Waals surface area contributed by atoms with Crippen molar-refractivity contribution in [3.63, 3.8) is 0 Å². The molecule has 88 valence electrons. The van der Waals surface area contributed by atoms with Crippen LogP contribution < -0.4 is 10.6 Å². The summed E-state index contributed by atoms with van der Waals surface area (Å²) in [5.74, 6) is 0. The van der Waals surface area contributed by atoms with Gasteiger partial charge in [-0.25, -0.2) is 4.79 Å². The summed E-state index contributed by atoms with van der Waals surface area (Å²) in [6.45, 7) is 0. The largest absolute Gasteiger partial charge is 0.323 e. The number of nitrogens with zero attached hydrogens (tertiary/aromatic N) is 1. The summed E-state index contributed by atoms with van der Waals surface area (Å²) in [6, 6.07) is 17.6. The van der Waals surface area contributed by atoms with Gasteiger partial charge in [0.2, 0.25) is 0 Å². The molecule has 0 spiro atoms. The van der Waals surface area contributed by atoms with Crippen molar-refractivity contribution in [2.75, 3.05) is 10.6 Å². The zero-order valence-corrected chi connectivity index (χ0v) is 9.55. The number of rotatable bonds is 2. The van der Waals surface area contributed by atoms with Gasteiger partial charge in [-0.15, -0.1) is 0 Å². The van der Waals surface area contributed by atoms with Gasteiger partial charge in [0.15, 0.2) is 0 Å². The highest BCUT2D eigenvalue weighted by Gasteiger charge is 2.02. The minimum absolute atomic E-state index is 0.337. The summed E-state index contributed by atoms with van der Waals surface area (Å²) in [7, 11) is 0. The van der Waals surface area contributed by atoms with Crippen molar-refractivity contribution in [3.05, 3.63) is 60.2 Å². The number of carbonyl (C=O) groups excluding carboxylic acids is 1. The van der Waals surface area contributed by atoms with E-state index in [0.29, 0.717) is 16.9 Å². The average molecular weight is 236 g/mol. The fourth-order valence-electron chi connectivity index (χ4n) is 1.48. The van der Waals surface area contributed by atoms with Crippen molar-refractivity contribution in [1.29, 1.82) is 5.26 Å². The lowest BCUT2D eigenvalue weighted by Crippen LogP contribution is -2.19. The van der Waals surface area contributed by atoms with Crippen LogP contribution in [0.1, 0.15) is 5.56 Å². The summed E-state index contributed by atoms with van der Waals surface area (Å²) in [5, 5.41) is 14.1. The van der Waals surface area contributed by atoms with E-state index >= 15 is 0 Å². The number of amides is 2. The molecule has 0 radical (unpaired) electrons. The number of anilines is 2. The van der Waals surface area contributed by atoms with Crippen LogP contribution in [0.5, 0.6) is 0 Å². The van der Waals surface area contributed by atoms with Crippen LogP contribution in [0.15, 0.2) is 54.6 Å². The number of para-hydroxylation sites is 1. The van der Waals surface area contributed by atoms with Gasteiger partial charge in [-0.2, -0.15) is 5.26 Å². The second-order valence-electron chi connectivity index (χ2n) is 3.64. The molecule has 0 fully saturated rings. The van der Waals surface area contributed by atoms with Gasteiger partial charge in [-0.05, 0) is 30.3 Å². The van der Waals surface area contributed by atoms with Crippen LogP contribution in [0.3, 0.4) is 0 Å². The molecule has 18 heavy (non-hydrogen) atoms. The summed E-state index contributed by atoms with van der Waals surface area (Å²) in [6.07, 6.45) is 0. The van der Waals surface area contributed by atoms with Crippen LogP contribution >= 0.6 is 0 Å². The first-order chi connectivity index (χ1) is 8.78. The number of hydrogen-bond donors (Lipinski definition) is 2. The maximum Gasteiger partial charge on any atom is 0.323 e. The lowest BCUT2D eigenvalue weighted by Gasteiger charge is -2.07. The normalized spacial score (nSPS) is 9.28. The first-order valence-electron chi connectivity index (χ1n) is 5.41. The van der Waals surface area contributed by atoms with E-state index < -0.39 is 0 Å². The van der Waals surface area contributed by atoms with Crippen molar-refractivity contribution >= 4 is 17.4 Å². The molecule has 0 bridgehead atoms. The van der Waals surface area contributed by atoms with Gasteiger partial charge in [-0.3, -0.25) is 0 Å². The zero-order valence-electron chi connectivity index (χ0n) is 9.55. The Morgan fingerprint density at radius 3 is 2.33 bits per heavy atom. The average Bonchev–Trinajstić information content (AvgIpc) is 2.40. The highest BCUT2D eigenvalue weighted by Crippen LogP contribution is 2.11. The minimum atomic E-state index is -0.337. The van der Waals surface area contributed by atoms with Crippen LogP contribution in [0.4, 0.5) is 16.2 Å². The van der Waals surface area contributed by atoms with Crippen molar-refractivity contribution in [3.8, 4) is 6.07 Å². The first-order valence-corrected chi connectivity index (χ1v) is 5.41. The SMILES string of the molecule is N#Cc1cccc(N[11C](=O)Nc2ccccc2)c1. The molecule has 4 heteroatoms. The number of hydrogen-bond acceptors (Lipinski definition) is 2. The molecular formula is C14H11N3O. The molecule has 2 aromatic carbocycles. The quantitative estimate of drug-likeness (QED) is 0.840. The molecule has 0 unspecified atom stereocenters. The van der Waals surface area contributed by atoms with Crippen LogP contribution in [-0.2, 0) is 0 Å². The molecular weight excluding hydrogens is 225 g/mol. The number of urea groups is 1. The Morgan fingerprint density at radius 1 is 0.944 bits per heavy atom. The van der Waals surface area contributed by atoms with Crippen molar-refractivity contribution in [2.24, 2.45) is 0 Å². The highest BCUT2D eigenvalue weighted by molar-refractivity contribution is 5.99. The van der Waals surface area contributed by atoms with Gasteiger partial charge in [-0.1, -0.05) is 24.3 Å². The summed E-state index contributed by atoms with van der Waals surface area (Å²) >= 11 is 0. The molecule has 2 amide bonds. The van der Waals surface area contributed by atoms with Gasteiger partial charge in [0.05, 0.1) is 11.6 Å². The second kappa shape index (κ2) is 5.51. The van der Waals surface area contributed by atoms with E-state index in [-0.39, 0.29) is 6.03 Å². The van der Waals surface area contributed by atoms with E-state index in [4.69, 9.17) is 5.26 Å². The molecule has 2 aromatic rings. The molecule has 0 atom stereocenters. The van der Waals surface area contributed by atoms with Crippen molar-refractivity contribution in [2.45, 2.75) is 0 Å². The Morgan fingerprint density at radius 2 is 1.61 bits per heavy atom. The zero-order chi connectivity index (χ0) is 12.8. The van der Waals surface area contributed by atoms with Crippen LogP contribution in [-0.4, -0.2) is 6.03 Å². The molecule has 4 nitrogen and oxygen atoms in total. The summed E-state index contributed by atoms with van der Waals surface area (Å²) in [4.78, 5) is 11.7. The molecule has 0 aliphatic rings. The number of nitrogens with one attached hydrogen (secondary N) is 2. The third-order valence-electron chi connectivity index (χ3n) is 2.28. The predicted octanol–water partition coefficient (Wildman–Crippen LogP) is 3.20. The van der Waals surface area contributed by atoms with E-state index in [1.165, 1.54) is 0 Å². The van der Waals surface area contributed by atoms with Crippen LogP contribution in [0.2, 0.25) is 0 Å². The predicted molar refractivity (Wildman–Crippen MR) is 70.2 cm³/mol. The van der Waals surface area contributed by atoms with E-state index in [9.17, 15) is 4.79 Å². The second-order valence-corrected chi connectivity index (χ2v) is 3.64. The Bertz CT molecular complexity index is 587. The number of benzene rings is 2. The highest BCUT2D eigenvalue weighted by atomic mass is 16.1. The number of nitriles is 1. The molecule has 0 aliphatic heterocycles. The molecule has 2 rings (SSSR count). The van der Waals surface area contributed by atoms with Gasteiger partial charge in [0.25, 0.3) is 0 Å². The molecule has 0 heterocycles. The van der Waals surface area contributed by atoms with Crippen LogP contribution in [0, 0.1) is 11.3 Å². The first kappa shape index (κ1) is 11.7. The van der Waals surface area contributed by atoms with Crippen LogP contribution in [0.25, 0.3) is 0 Å². The third-order valence-corrected chi connectivity index (χ3v) is 2.28. The molecule has 0 aliphatic carbocycles.